The molecule has 3 heterocycles. The number of rotatable bonds is 3. The van der Waals surface area contributed by atoms with E-state index in [0.29, 0.717) is 11.5 Å². The summed E-state index contributed by atoms with van der Waals surface area (Å²) in [6.07, 6.45) is 0.972. The maximum absolute atomic E-state index is 12.0. The summed E-state index contributed by atoms with van der Waals surface area (Å²) in [5.41, 5.74) is 0.459. The molecule has 5 nitrogen and oxygen atoms in total. The zero-order valence-electron chi connectivity index (χ0n) is 11.0. The lowest BCUT2D eigenvalue weighted by Gasteiger charge is -2.09. The highest BCUT2D eigenvalue weighted by Crippen LogP contribution is 2.25. The van der Waals surface area contributed by atoms with E-state index in [4.69, 9.17) is 4.42 Å². The lowest BCUT2D eigenvalue weighted by atomic mass is 10.2. The molecule has 1 amide bonds. The highest BCUT2D eigenvalue weighted by atomic mass is 35.5. The van der Waals surface area contributed by atoms with E-state index >= 15 is 0 Å². The first-order valence-corrected chi connectivity index (χ1v) is 7.14. The molecule has 0 radical (unpaired) electrons. The third kappa shape index (κ3) is 3.20. The van der Waals surface area contributed by atoms with Gasteiger partial charge in [-0.2, -0.15) is 0 Å². The van der Waals surface area contributed by atoms with Crippen LogP contribution in [0.3, 0.4) is 0 Å². The van der Waals surface area contributed by atoms with Gasteiger partial charge in [0.05, 0.1) is 0 Å². The molecule has 1 fully saturated rings. The first-order valence-electron chi connectivity index (χ1n) is 6.26. The fourth-order valence-electron chi connectivity index (χ4n) is 2.08. The van der Waals surface area contributed by atoms with Gasteiger partial charge in [-0.1, -0.05) is 0 Å². The van der Waals surface area contributed by atoms with Crippen molar-refractivity contribution >= 4 is 29.7 Å². The molecule has 0 spiro atoms. The second-order valence-corrected chi connectivity index (χ2v) is 5.47. The summed E-state index contributed by atoms with van der Waals surface area (Å²) in [5.74, 6) is 1.44. The van der Waals surface area contributed by atoms with Crippen molar-refractivity contribution < 1.29 is 9.21 Å². The predicted molar refractivity (Wildman–Crippen MR) is 80.5 cm³/mol. The summed E-state index contributed by atoms with van der Waals surface area (Å²) in [5, 5.41) is 8.70. The lowest BCUT2D eigenvalue weighted by Crippen LogP contribution is -2.36. The van der Waals surface area contributed by atoms with Crippen LogP contribution in [0.15, 0.2) is 21.9 Å². The highest BCUT2D eigenvalue weighted by molar-refractivity contribution is 7.13. The van der Waals surface area contributed by atoms with Gasteiger partial charge >= 0.3 is 0 Å². The summed E-state index contributed by atoms with van der Waals surface area (Å²) in [6, 6.07) is 3.97. The van der Waals surface area contributed by atoms with Crippen LogP contribution >= 0.6 is 23.7 Å². The standard InChI is InChI=1S/C13H15N3O2S.ClH/c1-8-2-3-11(18-8)13-16-10(7-19-13)12(17)15-9-4-5-14-6-9;/h2-3,7,9,14H,4-6H2,1H3,(H,15,17);1H. The topological polar surface area (TPSA) is 67.2 Å². The zero-order chi connectivity index (χ0) is 13.2. The van der Waals surface area contributed by atoms with E-state index in [0.717, 1.165) is 30.3 Å². The number of aryl methyl sites for hydroxylation is 1. The second-order valence-electron chi connectivity index (χ2n) is 4.61. The Morgan fingerprint density at radius 1 is 1.55 bits per heavy atom. The molecule has 7 heteroatoms. The normalized spacial score (nSPS) is 17.8. The number of nitrogens with one attached hydrogen (secondary N) is 2. The van der Waals surface area contributed by atoms with Crippen molar-refractivity contribution in [1.82, 2.24) is 15.6 Å². The van der Waals surface area contributed by atoms with Crippen LogP contribution in [0.2, 0.25) is 0 Å². The van der Waals surface area contributed by atoms with Crippen LogP contribution in [0.4, 0.5) is 0 Å². The smallest absolute Gasteiger partial charge is 0.271 e. The van der Waals surface area contributed by atoms with Crippen molar-refractivity contribution in [1.29, 1.82) is 0 Å². The van der Waals surface area contributed by atoms with Crippen LogP contribution < -0.4 is 10.6 Å². The summed E-state index contributed by atoms with van der Waals surface area (Å²) >= 11 is 1.42. The van der Waals surface area contributed by atoms with Crippen LogP contribution in [0.25, 0.3) is 10.8 Å². The van der Waals surface area contributed by atoms with Gasteiger partial charge < -0.3 is 15.1 Å². The number of halogens is 1. The van der Waals surface area contributed by atoms with Crippen LogP contribution in [0, 0.1) is 6.92 Å². The quantitative estimate of drug-likeness (QED) is 0.912. The first-order chi connectivity index (χ1) is 9.22. The number of carbonyl (C=O) groups excluding carboxylic acids is 1. The molecule has 2 aromatic heterocycles. The van der Waals surface area contributed by atoms with Gasteiger partial charge in [0, 0.05) is 18.0 Å². The number of thiazole rings is 1. The monoisotopic (exact) mass is 313 g/mol. The van der Waals surface area contributed by atoms with Gasteiger partial charge in [0.2, 0.25) is 0 Å². The summed E-state index contributed by atoms with van der Waals surface area (Å²) in [7, 11) is 0. The third-order valence-corrected chi connectivity index (χ3v) is 3.94. The molecular weight excluding hydrogens is 298 g/mol. The maximum Gasteiger partial charge on any atom is 0.271 e. The fourth-order valence-corrected chi connectivity index (χ4v) is 2.84. The predicted octanol–water partition coefficient (Wildman–Crippen LogP) is 2.23. The molecule has 2 aromatic rings. The van der Waals surface area contributed by atoms with Gasteiger partial charge in [-0.05, 0) is 32.0 Å². The van der Waals surface area contributed by atoms with Crippen LogP contribution in [-0.4, -0.2) is 30.0 Å². The van der Waals surface area contributed by atoms with Crippen molar-refractivity contribution in [2.24, 2.45) is 0 Å². The van der Waals surface area contributed by atoms with E-state index in [1.54, 1.807) is 5.38 Å². The van der Waals surface area contributed by atoms with Gasteiger partial charge in [-0.3, -0.25) is 4.79 Å². The van der Waals surface area contributed by atoms with Crippen LogP contribution in [0.1, 0.15) is 22.7 Å². The van der Waals surface area contributed by atoms with Crippen molar-refractivity contribution in [3.8, 4) is 10.8 Å². The number of hydrogen-bond donors (Lipinski definition) is 2. The minimum atomic E-state index is -0.112. The molecule has 2 N–H and O–H groups in total. The van der Waals surface area contributed by atoms with Gasteiger partial charge in [0.25, 0.3) is 5.91 Å². The fraction of sp³-hybridized carbons (Fsp3) is 0.385. The molecule has 20 heavy (non-hydrogen) atoms. The maximum atomic E-state index is 12.0. The molecule has 1 saturated heterocycles. The Balaban J connectivity index is 0.00000147. The van der Waals surface area contributed by atoms with E-state index in [1.165, 1.54) is 11.3 Å². The Hall–Kier alpha value is -1.37. The SMILES string of the molecule is Cc1ccc(-c2nc(C(=O)NC3CCNC3)cs2)o1.Cl. The van der Waals surface area contributed by atoms with Crippen molar-refractivity contribution in [3.05, 3.63) is 29.0 Å². The molecular formula is C13H16ClN3O2S. The van der Waals surface area contributed by atoms with Gasteiger partial charge in [-0.15, -0.1) is 23.7 Å². The Labute approximate surface area is 127 Å². The van der Waals surface area contributed by atoms with E-state index in [9.17, 15) is 4.79 Å². The van der Waals surface area contributed by atoms with Crippen molar-refractivity contribution in [2.45, 2.75) is 19.4 Å². The van der Waals surface area contributed by atoms with E-state index in [1.807, 2.05) is 19.1 Å². The Bertz CT molecular complexity index is 590. The van der Waals surface area contributed by atoms with Crippen molar-refractivity contribution in [3.63, 3.8) is 0 Å². The molecule has 0 aromatic carbocycles. The number of carbonyl (C=O) groups is 1. The minimum Gasteiger partial charge on any atom is -0.459 e. The van der Waals surface area contributed by atoms with Gasteiger partial charge in [0.1, 0.15) is 11.5 Å². The van der Waals surface area contributed by atoms with E-state index in [2.05, 4.69) is 15.6 Å². The number of nitrogens with zero attached hydrogens (tertiary/aromatic N) is 1. The lowest BCUT2D eigenvalue weighted by molar-refractivity contribution is 0.0936. The molecule has 3 rings (SSSR count). The molecule has 1 aliphatic rings. The molecule has 0 bridgehead atoms. The average Bonchev–Trinajstić information content (AvgIpc) is 3.07. The third-order valence-electron chi connectivity index (χ3n) is 3.08. The number of amides is 1. The van der Waals surface area contributed by atoms with E-state index in [-0.39, 0.29) is 24.4 Å². The Morgan fingerprint density at radius 3 is 3.05 bits per heavy atom. The summed E-state index contributed by atoms with van der Waals surface area (Å²) in [6.45, 7) is 3.68. The largest absolute Gasteiger partial charge is 0.459 e. The molecule has 0 aliphatic carbocycles. The summed E-state index contributed by atoms with van der Waals surface area (Å²) < 4.78 is 5.50. The highest BCUT2D eigenvalue weighted by Gasteiger charge is 2.19. The average molecular weight is 314 g/mol. The molecule has 1 atom stereocenters. The Kier molecular flexibility index (Phi) is 4.80. The van der Waals surface area contributed by atoms with Gasteiger partial charge in [-0.25, -0.2) is 4.98 Å². The zero-order valence-corrected chi connectivity index (χ0v) is 12.6. The second kappa shape index (κ2) is 6.39. The van der Waals surface area contributed by atoms with Crippen LogP contribution in [0.5, 0.6) is 0 Å². The molecule has 108 valence electrons. The van der Waals surface area contributed by atoms with Gasteiger partial charge in [0.15, 0.2) is 10.8 Å². The van der Waals surface area contributed by atoms with Crippen LogP contribution in [-0.2, 0) is 0 Å². The Morgan fingerprint density at radius 2 is 2.40 bits per heavy atom. The number of aromatic nitrogens is 1. The summed E-state index contributed by atoms with van der Waals surface area (Å²) in [4.78, 5) is 16.4. The minimum absolute atomic E-state index is 0. The molecule has 0 saturated carbocycles. The molecule has 1 aliphatic heterocycles. The molecule has 1 unspecified atom stereocenters. The number of furan rings is 1. The van der Waals surface area contributed by atoms with E-state index < -0.39 is 0 Å². The van der Waals surface area contributed by atoms with Crippen molar-refractivity contribution in [2.75, 3.05) is 13.1 Å². The number of hydrogen-bond acceptors (Lipinski definition) is 5. The first kappa shape index (κ1) is 15.0.